The second-order valence-corrected chi connectivity index (χ2v) is 7.17. The Morgan fingerprint density at radius 1 is 1.00 bits per heavy atom. The lowest BCUT2D eigenvalue weighted by molar-refractivity contribution is 0.101. The molecule has 2 aromatic rings. The topological polar surface area (TPSA) is 32.7 Å². The molecule has 4 heteroatoms. The van der Waals surface area contributed by atoms with Crippen LogP contribution in [0, 0.1) is 11.8 Å². The molecule has 2 aliphatic heterocycles. The molecule has 130 valence electrons. The van der Waals surface area contributed by atoms with Crippen LogP contribution < -0.4 is 0 Å². The number of benzene rings is 2. The molecule has 1 saturated heterocycles. The van der Waals surface area contributed by atoms with Crippen molar-refractivity contribution >= 4 is 23.7 Å². The highest BCUT2D eigenvalue weighted by molar-refractivity contribution is 6.35. The number of nitrogens with zero attached hydrogens (tertiary/aromatic N) is 2. The fourth-order valence-corrected chi connectivity index (χ4v) is 3.67. The molecule has 1 amide bonds. The van der Waals surface area contributed by atoms with Crippen molar-refractivity contribution in [3.63, 3.8) is 0 Å². The van der Waals surface area contributed by atoms with Crippen LogP contribution in [-0.2, 0) is 6.54 Å². The van der Waals surface area contributed by atoms with Crippen LogP contribution in [0.15, 0.2) is 41.4 Å². The van der Waals surface area contributed by atoms with E-state index in [-0.39, 0.29) is 5.91 Å². The lowest BCUT2D eigenvalue weighted by Gasteiger charge is -2.26. The normalized spacial score (nSPS) is 16.3. The molecule has 0 aromatic heterocycles. The summed E-state index contributed by atoms with van der Waals surface area (Å²) in [7, 11) is 0. The van der Waals surface area contributed by atoms with Crippen LogP contribution in [0.3, 0.4) is 0 Å². The number of aliphatic imine (C=N–C) groups is 1. The Kier molecular flexibility index (Phi) is 4.88. The number of hydrogen-bond donors (Lipinski definition) is 0. The predicted molar refractivity (Wildman–Crippen MR) is 105 cm³/mol. The van der Waals surface area contributed by atoms with E-state index in [9.17, 15) is 4.79 Å². The number of halogens is 1. The fourth-order valence-electron chi connectivity index (χ4n) is 3.40. The molecule has 0 bridgehead atoms. The minimum absolute atomic E-state index is 0.257. The number of rotatable bonds is 2. The highest BCUT2D eigenvalue weighted by Crippen LogP contribution is 2.25. The van der Waals surface area contributed by atoms with E-state index in [1.807, 2.05) is 0 Å². The van der Waals surface area contributed by atoms with Crippen molar-refractivity contribution in [1.29, 1.82) is 0 Å². The number of carbonyl (C=O) groups is 1. The Balaban J connectivity index is 1.48. The Bertz CT molecular complexity index is 929. The average Bonchev–Trinajstić information content (AvgIpc) is 3.04. The molecule has 26 heavy (non-hydrogen) atoms. The van der Waals surface area contributed by atoms with Crippen molar-refractivity contribution in [3.8, 4) is 11.8 Å². The van der Waals surface area contributed by atoms with Crippen molar-refractivity contribution in [2.75, 3.05) is 13.1 Å². The Morgan fingerprint density at radius 2 is 1.73 bits per heavy atom. The maximum atomic E-state index is 11.7. The summed E-state index contributed by atoms with van der Waals surface area (Å²) in [6.45, 7) is 3.41. The highest BCUT2D eigenvalue weighted by Gasteiger charge is 2.18. The maximum absolute atomic E-state index is 11.7. The van der Waals surface area contributed by atoms with Gasteiger partial charge >= 0.3 is 0 Å². The van der Waals surface area contributed by atoms with Crippen LogP contribution in [0.25, 0.3) is 0 Å². The second-order valence-electron chi connectivity index (χ2n) is 6.77. The molecule has 0 aliphatic carbocycles. The van der Waals surface area contributed by atoms with Crippen LogP contribution in [0.1, 0.15) is 51.9 Å². The number of likely N-dealkylation sites (tertiary alicyclic amines) is 1. The van der Waals surface area contributed by atoms with E-state index in [4.69, 9.17) is 11.6 Å². The number of piperidine rings is 1. The smallest absolute Gasteiger partial charge is 0.277 e. The summed E-state index contributed by atoms with van der Waals surface area (Å²) in [4.78, 5) is 18.0. The van der Waals surface area contributed by atoms with Gasteiger partial charge in [-0.25, -0.2) is 4.99 Å². The zero-order chi connectivity index (χ0) is 17.9. The molecule has 0 N–H and O–H groups in total. The summed E-state index contributed by atoms with van der Waals surface area (Å²) >= 11 is 6.22. The number of fused-ring (bicyclic) bond motifs is 1. The highest BCUT2D eigenvalue weighted by atomic mass is 35.5. The van der Waals surface area contributed by atoms with E-state index in [0.29, 0.717) is 16.1 Å². The van der Waals surface area contributed by atoms with Gasteiger partial charge in [-0.3, -0.25) is 9.69 Å². The predicted octanol–water partition coefficient (Wildman–Crippen LogP) is 4.30. The van der Waals surface area contributed by atoms with Gasteiger partial charge in [-0.15, -0.1) is 0 Å². The van der Waals surface area contributed by atoms with Crippen molar-refractivity contribution in [3.05, 3.63) is 69.2 Å². The number of carbonyl (C=O) groups excluding carboxylic acids is 1. The molecule has 1 fully saturated rings. The second kappa shape index (κ2) is 7.45. The lowest BCUT2D eigenvalue weighted by atomic mass is 10.1. The molecular weight excluding hydrogens is 344 g/mol. The van der Waals surface area contributed by atoms with E-state index in [2.05, 4.69) is 46.0 Å². The Hall–Kier alpha value is -2.41. The SMILES string of the molecule is O=C1N=Cc2c(Cl)cc(C#Cc3ccc(CN4CCCCC4)cc3)cc21. The molecular formula is C22H19ClN2O. The maximum Gasteiger partial charge on any atom is 0.277 e. The van der Waals surface area contributed by atoms with E-state index < -0.39 is 0 Å². The summed E-state index contributed by atoms with van der Waals surface area (Å²) in [5, 5.41) is 0.512. The van der Waals surface area contributed by atoms with Crippen molar-refractivity contribution in [2.24, 2.45) is 4.99 Å². The molecule has 0 unspecified atom stereocenters. The van der Waals surface area contributed by atoms with Gasteiger partial charge in [0.05, 0.1) is 10.6 Å². The molecule has 0 radical (unpaired) electrons. The fraction of sp³-hybridized carbons (Fsp3) is 0.273. The minimum Gasteiger partial charge on any atom is -0.299 e. The van der Waals surface area contributed by atoms with E-state index in [1.165, 1.54) is 44.1 Å². The van der Waals surface area contributed by atoms with E-state index >= 15 is 0 Å². The van der Waals surface area contributed by atoms with Gasteiger partial charge in [-0.05, 0) is 55.8 Å². The van der Waals surface area contributed by atoms with Crippen molar-refractivity contribution < 1.29 is 4.79 Å². The summed E-state index contributed by atoms with van der Waals surface area (Å²) < 4.78 is 0. The average molecular weight is 363 g/mol. The van der Waals surface area contributed by atoms with Gasteiger partial charge in [-0.1, -0.05) is 42.0 Å². The summed E-state index contributed by atoms with van der Waals surface area (Å²) in [5.74, 6) is 5.99. The van der Waals surface area contributed by atoms with Crippen LogP contribution in [0.5, 0.6) is 0 Å². The van der Waals surface area contributed by atoms with Gasteiger partial charge in [0, 0.05) is 29.4 Å². The van der Waals surface area contributed by atoms with Crippen molar-refractivity contribution in [2.45, 2.75) is 25.8 Å². The molecule has 2 aliphatic rings. The molecule has 0 saturated carbocycles. The van der Waals surface area contributed by atoms with E-state index in [1.54, 1.807) is 12.1 Å². The first-order valence-electron chi connectivity index (χ1n) is 8.94. The third kappa shape index (κ3) is 3.72. The number of hydrogen-bond acceptors (Lipinski definition) is 2. The Labute approximate surface area is 158 Å². The molecule has 0 atom stereocenters. The summed E-state index contributed by atoms with van der Waals surface area (Å²) in [6.07, 6.45) is 5.48. The van der Waals surface area contributed by atoms with Gasteiger partial charge in [-0.2, -0.15) is 0 Å². The van der Waals surface area contributed by atoms with Gasteiger partial charge in [0.1, 0.15) is 0 Å². The zero-order valence-electron chi connectivity index (χ0n) is 14.5. The molecule has 3 nitrogen and oxygen atoms in total. The largest absolute Gasteiger partial charge is 0.299 e. The van der Waals surface area contributed by atoms with Gasteiger partial charge in [0.25, 0.3) is 5.91 Å². The molecule has 4 rings (SSSR count). The lowest BCUT2D eigenvalue weighted by Crippen LogP contribution is -2.29. The minimum atomic E-state index is -0.257. The molecule has 2 heterocycles. The van der Waals surface area contributed by atoms with Crippen molar-refractivity contribution in [1.82, 2.24) is 4.90 Å². The summed E-state index contributed by atoms with van der Waals surface area (Å²) in [6, 6.07) is 11.9. The monoisotopic (exact) mass is 362 g/mol. The van der Waals surface area contributed by atoms with E-state index in [0.717, 1.165) is 17.7 Å². The standard InChI is InChI=1S/C22H19ClN2O/c23-21-13-18(12-19-20(21)14-24-22(19)26)9-6-16-4-7-17(8-5-16)15-25-10-2-1-3-11-25/h4-5,7-8,12-14H,1-3,10-11,15H2. The summed E-state index contributed by atoms with van der Waals surface area (Å²) in [5.41, 5.74) is 4.21. The van der Waals surface area contributed by atoms with Gasteiger partial charge in [0.15, 0.2) is 0 Å². The van der Waals surface area contributed by atoms with Crippen LogP contribution >= 0.6 is 11.6 Å². The quantitative estimate of drug-likeness (QED) is 0.746. The number of amides is 1. The van der Waals surface area contributed by atoms with Gasteiger partial charge in [0.2, 0.25) is 0 Å². The third-order valence-electron chi connectivity index (χ3n) is 4.83. The van der Waals surface area contributed by atoms with Crippen LogP contribution in [0.2, 0.25) is 5.02 Å². The van der Waals surface area contributed by atoms with Crippen LogP contribution in [0.4, 0.5) is 0 Å². The Morgan fingerprint density at radius 3 is 2.50 bits per heavy atom. The molecule has 0 spiro atoms. The van der Waals surface area contributed by atoms with Gasteiger partial charge < -0.3 is 0 Å². The first-order valence-corrected chi connectivity index (χ1v) is 9.32. The third-order valence-corrected chi connectivity index (χ3v) is 5.14. The first-order chi connectivity index (χ1) is 12.7. The zero-order valence-corrected chi connectivity index (χ0v) is 15.2. The first kappa shape index (κ1) is 17.0. The van der Waals surface area contributed by atoms with Crippen LogP contribution in [-0.4, -0.2) is 30.1 Å². The molecule has 2 aromatic carbocycles.